The zero-order chi connectivity index (χ0) is 22.8. The van der Waals surface area contributed by atoms with Gasteiger partial charge < -0.3 is 14.6 Å². The Bertz CT molecular complexity index is 1050. The number of quaternary nitrogens is 1. The van der Waals surface area contributed by atoms with Gasteiger partial charge in [0.25, 0.3) is 16.7 Å². The lowest BCUT2D eigenvalue weighted by Crippen LogP contribution is -2.54. The molecule has 0 aromatic heterocycles. The largest absolute Gasteiger partial charge is 0.573 e. The number of thiol groups is 1. The summed E-state index contributed by atoms with van der Waals surface area (Å²) in [6.07, 6.45) is -4.70. The number of hydrogen-bond donors (Lipinski definition) is 2. The van der Waals surface area contributed by atoms with Crippen LogP contribution in [0.4, 0.5) is 24.5 Å². The molecule has 2 atom stereocenters. The highest BCUT2D eigenvalue weighted by Gasteiger charge is 2.51. The molecule has 0 spiro atoms. The van der Waals surface area contributed by atoms with Gasteiger partial charge in [0.15, 0.2) is 11.8 Å². The molecule has 168 valence electrons. The SMILES string of the molecule is CCCc1ccc2c(c1)N=C(C(O)c1ccc(OC(F)(F)F)cc1)[N+]2(COC)[SH](=O)=O. The van der Waals surface area contributed by atoms with Crippen molar-refractivity contribution >= 4 is 28.1 Å². The molecule has 2 aromatic carbocycles. The van der Waals surface area contributed by atoms with Crippen molar-refractivity contribution < 1.29 is 36.2 Å². The third-order valence-electron chi connectivity index (χ3n) is 4.86. The summed E-state index contributed by atoms with van der Waals surface area (Å²) >= 11 is 0. The second-order valence-corrected chi connectivity index (χ2v) is 8.15. The van der Waals surface area contributed by atoms with Gasteiger partial charge in [0.2, 0.25) is 6.73 Å². The van der Waals surface area contributed by atoms with Gasteiger partial charge in [-0.1, -0.05) is 31.5 Å². The minimum absolute atomic E-state index is 0.119. The molecule has 2 aromatic rings. The first kappa shape index (κ1) is 23.2. The number of methoxy groups -OCH3 is 1. The van der Waals surface area contributed by atoms with E-state index in [9.17, 15) is 26.7 Å². The van der Waals surface area contributed by atoms with Gasteiger partial charge in [0.05, 0.1) is 0 Å². The Balaban J connectivity index is 2.05. The number of aliphatic hydroxyl groups excluding tert-OH is 1. The average molecular weight is 459 g/mol. The van der Waals surface area contributed by atoms with Crippen molar-refractivity contribution in [1.82, 2.24) is 3.89 Å². The smallest absolute Gasteiger partial charge is 0.406 e. The van der Waals surface area contributed by atoms with Gasteiger partial charge >= 0.3 is 6.36 Å². The van der Waals surface area contributed by atoms with Crippen molar-refractivity contribution in [1.29, 1.82) is 0 Å². The molecule has 1 heterocycles. The topological polar surface area (TPSA) is 85.2 Å². The number of aliphatic hydroxyl groups is 1. The molecule has 11 heteroatoms. The first-order valence-corrected chi connectivity index (χ1v) is 10.5. The van der Waals surface area contributed by atoms with Crippen LogP contribution in [0.5, 0.6) is 5.75 Å². The number of nitrogens with zero attached hydrogens (tertiary/aromatic N) is 2. The van der Waals surface area contributed by atoms with Gasteiger partial charge in [0, 0.05) is 13.2 Å². The molecule has 2 unspecified atom stereocenters. The van der Waals surface area contributed by atoms with E-state index in [1.165, 1.54) is 19.2 Å². The molecule has 1 N–H and O–H groups in total. The molecule has 0 saturated carbocycles. The van der Waals surface area contributed by atoms with Gasteiger partial charge in [-0.05, 0) is 35.7 Å². The van der Waals surface area contributed by atoms with E-state index in [0.717, 1.165) is 30.5 Å². The number of rotatable bonds is 8. The van der Waals surface area contributed by atoms with E-state index < -0.39 is 33.0 Å². The van der Waals surface area contributed by atoms with E-state index >= 15 is 0 Å². The molecular weight excluding hydrogens is 437 g/mol. The first-order chi connectivity index (χ1) is 14.6. The zero-order valence-corrected chi connectivity index (χ0v) is 17.7. The summed E-state index contributed by atoms with van der Waals surface area (Å²) in [4.78, 5) is 4.41. The number of halogens is 3. The van der Waals surface area contributed by atoms with Crippen molar-refractivity contribution in [2.24, 2.45) is 4.99 Å². The minimum Gasteiger partial charge on any atom is -0.406 e. The third-order valence-corrected chi connectivity index (χ3v) is 5.95. The molecule has 0 fully saturated rings. The summed E-state index contributed by atoms with van der Waals surface area (Å²) in [5.41, 5.74) is 1.86. The normalized spacial score (nSPS) is 19.3. The third kappa shape index (κ3) is 4.59. The zero-order valence-electron chi connectivity index (χ0n) is 16.8. The number of hydrogen-bond acceptors (Lipinski definition) is 6. The fraction of sp³-hybridized carbons (Fsp3) is 0.350. The Hall–Kier alpha value is -2.47. The molecule has 1 aliphatic rings. The molecule has 0 saturated heterocycles. The van der Waals surface area contributed by atoms with E-state index in [-0.39, 0.29) is 18.1 Å². The lowest BCUT2D eigenvalue weighted by molar-refractivity contribution is -0.274. The number of aliphatic imine (C=N–C) groups is 1. The fourth-order valence-corrected chi connectivity index (χ4v) is 4.43. The fourth-order valence-electron chi connectivity index (χ4n) is 3.55. The highest BCUT2D eigenvalue weighted by molar-refractivity contribution is 7.72. The number of ether oxygens (including phenoxy) is 2. The van der Waals surface area contributed by atoms with Crippen LogP contribution in [0, 0.1) is 0 Å². The number of amidine groups is 1. The van der Waals surface area contributed by atoms with Crippen LogP contribution < -0.4 is 8.63 Å². The summed E-state index contributed by atoms with van der Waals surface area (Å²) in [5.74, 6) is -0.581. The Morgan fingerprint density at radius 2 is 1.84 bits per heavy atom. The summed E-state index contributed by atoms with van der Waals surface area (Å²) in [5, 5.41) is 11.0. The van der Waals surface area contributed by atoms with Gasteiger partial charge in [-0.25, -0.2) is 0 Å². The van der Waals surface area contributed by atoms with E-state index in [1.54, 1.807) is 18.2 Å². The van der Waals surface area contributed by atoms with Crippen LogP contribution >= 0.6 is 0 Å². The molecule has 0 bridgehead atoms. The van der Waals surface area contributed by atoms with Crippen molar-refractivity contribution in [3.05, 3.63) is 53.6 Å². The standard InChI is InChI=1S/C20H22F3N2O5S/c1-3-4-13-5-10-17-16(11-13)24-19(25(17,12-29-2)31(27)28)18(26)14-6-8-15(9-7-14)30-20(21,22)23/h5-11,18,26,31H,3-4,12H2,1-2H3/q+1. The quantitative estimate of drug-likeness (QED) is 0.464. The number of alkyl halides is 3. The maximum Gasteiger partial charge on any atom is 0.573 e. The van der Waals surface area contributed by atoms with Crippen LogP contribution in [0.3, 0.4) is 0 Å². The molecular formula is C20H22F3N2O5S+. The molecule has 3 rings (SSSR count). The van der Waals surface area contributed by atoms with Crippen LogP contribution in [0.25, 0.3) is 0 Å². The Morgan fingerprint density at radius 1 is 1.16 bits per heavy atom. The Kier molecular flexibility index (Phi) is 6.70. The van der Waals surface area contributed by atoms with Crippen LogP contribution in [0.1, 0.15) is 30.6 Å². The van der Waals surface area contributed by atoms with Crippen LogP contribution in [-0.4, -0.2) is 39.6 Å². The minimum atomic E-state index is -4.85. The molecule has 7 nitrogen and oxygen atoms in total. The molecule has 31 heavy (non-hydrogen) atoms. The predicted octanol–water partition coefficient (Wildman–Crippen LogP) is 3.75. The Morgan fingerprint density at radius 3 is 2.39 bits per heavy atom. The summed E-state index contributed by atoms with van der Waals surface area (Å²) in [7, 11) is -1.91. The number of fused-ring (bicyclic) bond motifs is 1. The van der Waals surface area contributed by atoms with Crippen LogP contribution in [0.2, 0.25) is 0 Å². The van der Waals surface area contributed by atoms with E-state index in [4.69, 9.17) is 4.74 Å². The maximum absolute atomic E-state index is 12.4. The van der Waals surface area contributed by atoms with E-state index in [2.05, 4.69) is 9.73 Å². The van der Waals surface area contributed by atoms with Crippen molar-refractivity contribution in [3.63, 3.8) is 0 Å². The molecule has 1 aliphatic heterocycles. The maximum atomic E-state index is 12.4. The van der Waals surface area contributed by atoms with Gasteiger partial charge in [-0.2, -0.15) is 13.4 Å². The lowest BCUT2D eigenvalue weighted by Gasteiger charge is -2.29. The summed E-state index contributed by atoms with van der Waals surface area (Å²) in [6.45, 7) is 1.68. The summed E-state index contributed by atoms with van der Waals surface area (Å²) in [6, 6.07) is 9.73. The van der Waals surface area contributed by atoms with Gasteiger partial charge in [-0.15, -0.1) is 17.1 Å². The lowest BCUT2D eigenvalue weighted by atomic mass is 10.1. The van der Waals surface area contributed by atoms with Crippen LogP contribution in [-0.2, 0) is 22.0 Å². The highest BCUT2D eigenvalue weighted by atomic mass is 32.2. The van der Waals surface area contributed by atoms with Crippen LogP contribution in [0.15, 0.2) is 47.5 Å². The van der Waals surface area contributed by atoms with E-state index in [0.29, 0.717) is 11.4 Å². The summed E-state index contributed by atoms with van der Waals surface area (Å²) < 4.78 is 70.2. The van der Waals surface area contributed by atoms with Crippen molar-refractivity contribution in [2.45, 2.75) is 32.2 Å². The second-order valence-electron chi connectivity index (χ2n) is 6.99. The molecule has 0 amide bonds. The predicted molar refractivity (Wildman–Crippen MR) is 110 cm³/mol. The number of aryl methyl sites for hydroxylation is 1. The Labute approximate surface area is 179 Å². The number of benzene rings is 2. The van der Waals surface area contributed by atoms with Crippen molar-refractivity contribution in [2.75, 3.05) is 13.8 Å². The first-order valence-electron chi connectivity index (χ1n) is 9.40. The average Bonchev–Trinajstić information content (AvgIpc) is 3.02. The van der Waals surface area contributed by atoms with E-state index in [1.807, 2.05) is 6.92 Å². The van der Waals surface area contributed by atoms with Gasteiger partial charge in [0.1, 0.15) is 11.4 Å². The second kappa shape index (κ2) is 8.95. The highest BCUT2D eigenvalue weighted by Crippen LogP contribution is 2.44. The molecule has 0 aliphatic carbocycles. The monoisotopic (exact) mass is 459 g/mol. The van der Waals surface area contributed by atoms with Gasteiger partial charge in [-0.3, -0.25) is 0 Å². The molecule has 0 radical (unpaired) electrons. The van der Waals surface area contributed by atoms with Crippen molar-refractivity contribution in [3.8, 4) is 5.75 Å².